The average Bonchev–Trinajstić information content (AvgIpc) is 2.67. The average molecular weight is 236 g/mol. The van der Waals surface area contributed by atoms with Gasteiger partial charge in [-0.2, -0.15) is 5.10 Å². The zero-order valence-corrected chi connectivity index (χ0v) is 9.85. The highest BCUT2D eigenvalue weighted by Gasteiger charge is 2.31. The van der Waals surface area contributed by atoms with E-state index in [1.165, 1.54) is 0 Å². The number of nitrogens with two attached hydrogens (primary N) is 1. The van der Waals surface area contributed by atoms with Gasteiger partial charge in [0.05, 0.1) is 24.9 Å². The molecule has 2 aliphatic rings. The Bertz CT molecular complexity index is 468. The van der Waals surface area contributed by atoms with Crippen molar-refractivity contribution >= 4 is 11.7 Å². The summed E-state index contributed by atoms with van der Waals surface area (Å²) in [4.78, 5) is 13.7. The number of aryl methyl sites for hydroxylation is 1. The fourth-order valence-electron chi connectivity index (χ4n) is 2.52. The number of nitrogens with zero attached hydrogens (tertiary/aromatic N) is 3. The molecule has 1 aromatic rings. The Balaban J connectivity index is 2.09. The maximum absolute atomic E-state index is 12.0. The molecule has 2 N–H and O–H groups in total. The van der Waals surface area contributed by atoms with Crippen molar-refractivity contribution in [3.05, 3.63) is 11.3 Å². The number of rotatable bonds is 0. The molecule has 0 spiro atoms. The van der Waals surface area contributed by atoms with E-state index >= 15 is 0 Å². The third-order valence-corrected chi connectivity index (χ3v) is 3.46. The van der Waals surface area contributed by atoms with E-state index in [0.717, 1.165) is 23.5 Å². The monoisotopic (exact) mass is 236 g/mol. The number of carbonyl (C=O) groups excluding carboxylic acids is 1. The maximum Gasteiger partial charge on any atom is 0.244 e. The number of carbonyl (C=O) groups is 1. The molecule has 0 bridgehead atoms. The highest BCUT2D eigenvalue weighted by Crippen LogP contribution is 2.29. The number of aromatic nitrogens is 2. The number of amides is 1. The molecular weight excluding hydrogens is 220 g/mol. The van der Waals surface area contributed by atoms with E-state index in [1.807, 2.05) is 4.68 Å². The van der Waals surface area contributed by atoms with Crippen molar-refractivity contribution in [2.75, 3.05) is 18.6 Å². The molecule has 0 fully saturated rings. The van der Waals surface area contributed by atoms with Gasteiger partial charge < -0.3 is 10.5 Å². The van der Waals surface area contributed by atoms with Gasteiger partial charge in [0.15, 0.2) is 0 Å². The van der Waals surface area contributed by atoms with Crippen LogP contribution in [0.3, 0.4) is 0 Å². The van der Waals surface area contributed by atoms with Gasteiger partial charge in [-0.25, -0.2) is 4.68 Å². The number of anilines is 1. The van der Waals surface area contributed by atoms with Crippen LogP contribution in [-0.2, 0) is 29.1 Å². The zero-order valence-electron chi connectivity index (χ0n) is 9.85. The van der Waals surface area contributed by atoms with E-state index < -0.39 is 6.04 Å². The highest BCUT2D eigenvalue weighted by atomic mass is 16.5. The molecule has 17 heavy (non-hydrogen) atoms. The standard InChI is InChI=1S/C11H16N4O2/c1-14-10-7-3-5-17-6-9(7)13-15(10)4-2-8(12)11(14)16/h8H,2-6,12H2,1H3. The molecule has 6 heteroatoms. The Kier molecular flexibility index (Phi) is 2.41. The van der Waals surface area contributed by atoms with Crippen LogP contribution in [0.4, 0.5) is 5.82 Å². The summed E-state index contributed by atoms with van der Waals surface area (Å²) >= 11 is 0. The second kappa shape index (κ2) is 3.82. The third-order valence-electron chi connectivity index (χ3n) is 3.46. The molecule has 1 aromatic heterocycles. The molecule has 1 unspecified atom stereocenters. The molecule has 0 radical (unpaired) electrons. The van der Waals surface area contributed by atoms with E-state index in [4.69, 9.17) is 10.5 Å². The molecule has 0 saturated heterocycles. The molecule has 92 valence electrons. The van der Waals surface area contributed by atoms with Crippen LogP contribution in [0, 0.1) is 0 Å². The van der Waals surface area contributed by atoms with Gasteiger partial charge >= 0.3 is 0 Å². The SMILES string of the molecule is CN1C(=O)C(N)CCn2nc3c(c21)CCOC3. The first kappa shape index (κ1) is 10.7. The van der Waals surface area contributed by atoms with E-state index in [2.05, 4.69) is 5.10 Å². The molecule has 0 aliphatic carbocycles. The molecule has 0 aromatic carbocycles. The van der Waals surface area contributed by atoms with E-state index in [-0.39, 0.29) is 5.91 Å². The maximum atomic E-state index is 12.0. The number of hydrogen-bond acceptors (Lipinski definition) is 4. The summed E-state index contributed by atoms with van der Waals surface area (Å²) in [7, 11) is 1.77. The smallest absolute Gasteiger partial charge is 0.244 e. The number of hydrogen-bond donors (Lipinski definition) is 1. The largest absolute Gasteiger partial charge is 0.375 e. The van der Waals surface area contributed by atoms with Crippen molar-refractivity contribution in [2.24, 2.45) is 5.73 Å². The van der Waals surface area contributed by atoms with Crippen LogP contribution < -0.4 is 10.6 Å². The summed E-state index contributed by atoms with van der Waals surface area (Å²) in [6, 6.07) is -0.419. The van der Waals surface area contributed by atoms with Crippen LogP contribution in [-0.4, -0.2) is 35.4 Å². The Hall–Kier alpha value is -1.40. The van der Waals surface area contributed by atoms with Gasteiger partial charge in [0.25, 0.3) is 0 Å². The predicted octanol–water partition coefficient (Wildman–Crippen LogP) is -0.350. The van der Waals surface area contributed by atoms with E-state index in [1.54, 1.807) is 11.9 Å². The van der Waals surface area contributed by atoms with Crippen molar-refractivity contribution < 1.29 is 9.53 Å². The third kappa shape index (κ3) is 1.56. The molecule has 0 saturated carbocycles. The first-order valence-corrected chi connectivity index (χ1v) is 5.88. The number of ether oxygens (including phenoxy) is 1. The lowest BCUT2D eigenvalue weighted by atomic mass is 10.1. The summed E-state index contributed by atoms with van der Waals surface area (Å²) in [6.07, 6.45) is 1.45. The zero-order chi connectivity index (χ0) is 12.0. The van der Waals surface area contributed by atoms with Gasteiger partial charge in [-0.05, 0) is 6.42 Å². The van der Waals surface area contributed by atoms with Crippen molar-refractivity contribution in [1.82, 2.24) is 9.78 Å². The highest BCUT2D eigenvalue weighted by molar-refractivity contribution is 5.97. The summed E-state index contributed by atoms with van der Waals surface area (Å²) in [6.45, 7) is 1.93. The first-order valence-electron chi connectivity index (χ1n) is 5.88. The van der Waals surface area contributed by atoms with Gasteiger partial charge in [-0.3, -0.25) is 9.69 Å². The lowest BCUT2D eigenvalue weighted by Gasteiger charge is -2.20. The van der Waals surface area contributed by atoms with Gasteiger partial charge in [-0.15, -0.1) is 0 Å². The molecular formula is C11H16N4O2. The molecule has 2 aliphatic heterocycles. The molecule has 3 heterocycles. The Morgan fingerprint density at radius 3 is 3.18 bits per heavy atom. The predicted molar refractivity (Wildman–Crippen MR) is 61.6 cm³/mol. The molecule has 6 nitrogen and oxygen atoms in total. The van der Waals surface area contributed by atoms with Crippen LogP contribution in [0.1, 0.15) is 17.7 Å². The summed E-state index contributed by atoms with van der Waals surface area (Å²) in [5.74, 6) is 0.874. The Morgan fingerprint density at radius 1 is 1.53 bits per heavy atom. The molecule has 3 rings (SSSR count). The van der Waals surface area contributed by atoms with Gasteiger partial charge in [-0.1, -0.05) is 0 Å². The van der Waals surface area contributed by atoms with Crippen molar-refractivity contribution in [2.45, 2.75) is 32.0 Å². The quantitative estimate of drug-likeness (QED) is 0.668. The van der Waals surface area contributed by atoms with Crippen LogP contribution in [0.25, 0.3) is 0 Å². The lowest BCUT2D eigenvalue weighted by molar-refractivity contribution is -0.119. The minimum atomic E-state index is -0.419. The summed E-state index contributed by atoms with van der Waals surface area (Å²) in [5, 5.41) is 4.51. The minimum Gasteiger partial charge on any atom is -0.375 e. The first-order chi connectivity index (χ1) is 8.18. The molecule has 1 atom stereocenters. The fourth-order valence-corrected chi connectivity index (χ4v) is 2.52. The van der Waals surface area contributed by atoms with Crippen LogP contribution in [0.15, 0.2) is 0 Å². The van der Waals surface area contributed by atoms with Crippen LogP contribution >= 0.6 is 0 Å². The van der Waals surface area contributed by atoms with Crippen LogP contribution in [0.2, 0.25) is 0 Å². The van der Waals surface area contributed by atoms with Gasteiger partial charge in [0.2, 0.25) is 5.91 Å². The Morgan fingerprint density at radius 2 is 2.35 bits per heavy atom. The fraction of sp³-hybridized carbons (Fsp3) is 0.636. The van der Waals surface area contributed by atoms with Crippen molar-refractivity contribution in [1.29, 1.82) is 0 Å². The second-order valence-electron chi connectivity index (χ2n) is 4.57. The second-order valence-corrected chi connectivity index (χ2v) is 4.57. The van der Waals surface area contributed by atoms with E-state index in [9.17, 15) is 4.79 Å². The number of likely N-dealkylation sites (N-methyl/N-ethyl adjacent to an activating group) is 1. The lowest BCUT2D eigenvalue weighted by Crippen LogP contribution is -2.41. The van der Waals surface area contributed by atoms with Gasteiger partial charge in [0.1, 0.15) is 5.82 Å². The number of fused-ring (bicyclic) bond motifs is 3. The molecule has 1 amide bonds. The summed E-state index contributed by atoms with van der Waals surface area (Å²) in [5.41, 5.74) is 7.93. The topological polar surface area (TPSA) is 73.4 Å². The van der Waals surface area contributed by atoms with Crippen LogP contribution in [0.5, 0.6) is 0 Å². The normalized spacial score (nSPS) is 24.2. The van der Waals surface area contributed by atoms with Crippen molar-refractivity contribution in [3.63, 3.8) is 0 Å². The summed E-state index contributed by atoms with van der Waals surface area (Å²) < 4.78 is 7.28. The Labute approximate surface area is 99.3 Å². The minimum absolute atomic E-state index is 0.0297. The van der Waals surface area contributed by atoms with E-state index in [0.29, 0.717) is 26.2 Å². The van der Waals surface area contributed by atoms with Crippen molar-refractivity contribution in [3.8, 4) is 0 Å². The van der Waals surface area contributed by atoms with Gasteiger partial charge in [0, 0.05) is 25.6 Å².